The standard InChI is InChI=1S/C22H15N5O2/c28-27(29)18-5-1-3-17(13-18)21-8-9-22-24-14-19(26(22)25-21)12-15-6-7-20-16(11-15)4-2-10-23-20/h1-11,13-14H,12H2. The molecule has 0 aliphatic carbocycles. The zero-order valence-electron chi connectivity index (χ0n) is 15.3. The molecule has 3 aromatic heterocycles. The molecular formula is C22H15N5O2. The Morgan fingerprint density at radius 2 is 1.90 bits per heavy atom. The van der Waals surface area contributed by atoms with Gasteiger partial charge in [-0.05, 0) is 35.9 Å². The molecule has 0 amide bonds. The number of non-ortho nitro benzene ring substituents is 1. The van der Waals surface area contributed by atoms with Crippen molar-refractivity contribution in [2.75, 3.05) is 0 Å². The highest BCUT2D eigenvalue weighted by atomic mass is 16.6. The molecule has 2 aromatic carbocycles. The van der Waals surface area contributed by atoms with Gasteiger partial charge in [-0.15, -0.1) is 0 Å². The van der Waals surface area contributed by atoms with Crippen molar-refractivity contribution < 1.29 is 4.92 Å². The summed E-state index contributed by atoms with van der Waals surface area (Å²) in [6, 6.07) is 20.3. The summed E-state index contributed by atoms with van der Waals surface area (Å²) in [5.74, 6) is 0. The smallest absolute Gasteiger partial charge is 0.258 e. The Bertz CT molecular complexity index is 1380. The Morgan fingerprint density at radius 1 is 0.966 bits per heavy atom. The van der Waals surface area contributed by atoms with E-state index in [1.165, 1.54) is 12.1 Å². The lowest BCUT2D eigenvalue weighted by atomic mass is 10.1. The third-order valence-electron chi connectivity index (χ3n) is 4.84. The number of benzene rings is 2. The molecule has 3 heterocycles. The van der Waals surface area contributed by atoms with Crippen molar-refractivity contribution in [2.45, 2.75) is 6.42 Å². The van der Waals surface area contributed by atoms with E-state index in [9.17, 15) is 10.1 Å². The summed E-state index contributed by atoms with van der Waals surface area (Å²) in [5, 5.41) is 16.8. The average molecular weight is 381 g/mol. The Morgan fingerprint density at radius 3 is 2.79 bits per heavy atom. The SMILES string of the molecule is O=[N+]([O-])c1cccc(-c2ccc3ncc(Cc4ccc5ncccc5c4)n3n2)c1. The molecule has 7 nitrogen and oxygen atoms in total. The number of nitro benzene ring substituents is 1. The van der Waals surface area contributed by atoms with E-state index in [4.69, 9.17) is 0 Å². The van der Waals surface area contributed by atoms with E-state index in [1.54, 1.807) is 16.8 Å². The van der Waals surface area contributed by atoms with Crippen LogP contribution in [0.15, 0.2) is 79.1 Å². The predicted octanol–water partition coefficient (Wildman–Crippen LogP) is 4.44. The molecule has 0 bridgehead atoms. The Balaban J connectivity index is 1.54. The van der Waals surface area contributed by atoms with Gasteiger partial charge in [-0.25, -0.2) is 9.50 Å². The topological polar surface area (TPSA) is 86.2 Å². The summed E-state index contributed by atoms with van der Waals surface area (Å²) < 4.78 is 1.79. The van der Waals surface area contributed by atoms with Gasteiger partial charge >= 0.3 is 0 Å². The van der Waals surface area contributed by atoms with E-state index in [-0.39, 0.29) is 5.69 Å². The highest BCUT2D eigenvalue weighted by Crippen LogP contribution is 2.23. The van der Waals surface area contributed by atoms with Crippen molar-refractivity contribution >= 4 is 22.2 Å². The summed E-state index contributed by atoms with van der Waals surface area (Å²) in [7, 11) is 0. The van der Waals surface area contributed by atoms with Crippen LogP contribution >= 0.6 is 0 Å². The molecule has 0 saturated heterocycles. The second-order valence-electron chi connectivity index (χ2n) is 6.75. The maximum Gasteiger partial charge on any atom is 0.270 e. The van der Waals surface area contributed by atoms with Gasteiger partial charge in [-0.3, -0.25) is 15.1 Å². The zero-order chi connectivity index (χ0) is 19.8. The monoisotopic (exact) mass is 381 g/mol. The van der Waals surface area contributed by atoms with E-state index in [0.29, 0.717) is 17.7 Å². The fourth-order valence-electron chi connectivity index (χ4n) is 3.42. The Labute approximate surface area is 165 Å². The Hall–Kier alpha value is -4.13. The van der Waals surface area contributed by atoms with Crippen molar-refractivity contribution in [3.63, 3.8) is 0 Å². The van der Waals surface area contributed by atoms with E-state index in [0.717, 1.165) is 27.8 Å². The summed E-state index contributed by atoms with van der Waals surface area (Å²) in [6.45, 7) is 0. The van der Waals surface area contributed by atoms with Crippen molar-refractivity contribution in [1.29, 1.82) is 0 Å². The molecule has 5 rings (SSSR count). The summed E-state index contributed by atoms with van der Waals surface area (Å²) in [5.41, 5.74) is 5.16. The van der Waals surface area contributed by atoms with Crippen LogP contribution in [0.4, 0.5) is 5.69 Å². The molecule has 0 saturated carbocycles. The number of pyridine rings is 1. The zero-order valence-corrected chi connectivity index (χ0v) is 15.3. The van der Waals surface area contributed by atoms with Crippen molar-refractivity contribution in [3.05, 3.63) is 100 Å². The largest absolute Gasteiger partial charge is 0.270 e. The summed E-state index contributed by atoms with van der Waals surface area (Å²) in [4.78, 5) is 19.5. The van der Waals surface area contributed by atoms with E-state index in [2.05, 4.69) is 27.2 Å². The molecule has 140 valence electrons. The quantitative estimate of drug-likeness (QED) is 0.339. The van der Waals surface area contributed by atoms with Crippen LogP contribution in [0.2, 0.25) is 0 Å². The van der Waals surface area contributed by atoms with Crippen LogP contribution in [-0.4, -0.2) is 24.5 Å². The molecule has 5 aromatic rings. The van der Waals surface area contributed by atoms with Crippen molar-refractivity contribution in [1.82, 2.24) is 19.6 Å². The molecule has 0 atom stereocenters. The lowest BCUT2D eigenvalue weighted by Crippen LogP contribution is -2.00. The molecule has 0 aliphatic heterocycles. The van der Waals surface area contributed by atoms with Gasteiger partial charge in [0.2, 0.25) is 0 Å². The van der Waals surface area contributed by atoms with Crippen LogP contribution in [-0.2, 0) is 6.42 Å². The van der Waals surface area contributed by atoms with Crippen LogP contribution in [0.25, 0.3) is 27.8 Å². The lowest BCUT2D eigenvalue weighted by Gasteiger charge is -2.06. The number of hydrogen-bond donors (Lipinski definition) is 0. The first kappa shape index (κ1) is 17.0. The number of fused-ring (bicyclic) bond motifs is 2. The molecule has 0 aliphatic rings. The number of hydrogen-bond acceptors (Lipinski definition) is 5. The van der Waals surface area contributed by atoms with Crippen molar-refractivity contribution in [2.24, 2.45) is 0 Å². The molecule has 0 radical (unpaired) electrons. The predicted molar refractivity (Wildman–Crippen MR) is 110 cm³/mol. The van der Waals surface area contributed by atoms with Crippen molar-refractivity contribution in [3.8, 4) is 11.3 Å². The number of nitro groups is 1. The summed E-state index contributed by atoms with van der Waals surface area (Å²) >= 11 is 0. The maximum atomic E-state index is 11.1. The van der Waals surface area contributed by atoms with Crippen LogP contribution < -0.4 is 0 Å². The second kappa shape index (κ2) is 6.79. The second-order valence-corrected chi connectivity index (χ2v) is 6.75. The first-order valence-electron chi connectivity index (χ1n) is 9.09. The minimum atomic E-state index is -0.404. The normalized spacial score (nSPS) is 11.2. The van der Waals surface area contributed by atoms with Gasteiger partial charge in [0.15, 0.2) is 5.65 Å². The molecular weight excluding hydrogens is 366 g/mol. The lowest BCUT2D eigenvalue weighted by molar-refractivity contribution is -0.384. The third kappa shape index (κ3) is 3.19. The highest BCUT2D eigenvalue weighted by molar-refractivity contribution is 5.79. The number of nitrogens with zero attached hydrogens (tertiary/aromatic N) is 5. The highest BCUT2D eigenvalue weighted by Gasteiger charge is 2.11. The van der Waals surface area contributed by atoms with Crippen LogP contribution in [0.3, 0.4) is 0 Å². The number of aromatic nitrogens is 4. The minimum Gasteiger partial charge on any atom is -0.258 e. The minimum absolute atomic E-state index is 0.0417. The van der Waals surface area contributed by atoms with E-state index >= 15 is 0 Å². The summed E-state index contributed by atoms with van der Waals surface area (Å²) in [6.07, 6.45) is 4.26. The van der Waals surface area contributed by atoms with Gasteiger partial charge in [-0.1, -0.05) is 24.3 Å². The first-order valence-corrected chi connectivity index (χ1v) is 9.09. The van der Waals surface area contributed by atoms with Gasteiger partial charge in [0, 0.05) is 35.7 Å². The molecule has 0 N–H and O–H groups in total. The van der Waals surface area contributed by atoms with Gasteiger partial charge < -0.3 is 0 Å². The molecule has 29 heavy (non-hydrogen) atoms. The Kier molecular flexibility index (Phi) is 3.98. The van der Waals surface area contributed by atoms with Gasteiger partial charge in [0.25, 0.3) is 5.69 Å². The van der Waals surface area contributed by atoms with Gasteiger partial charge in [0.1, 0.15) is 0 Å². The van der Waals surface area contributed by atoms with Gasteiger partial charge in [-0.2, -0.15) is 5.10 Å². The fourth-order valence-corrected chi connectivity index (χ4v) is 3.42. The number of rotatable bonds is 4. The molecule has 0 spiro atoms. The van der Waals surface area contributed by atoms with E-state index < -0.39 is 4.92 Å². The fraction of sp³-hybridized carbons (Fsp3) is 0.0455. The molecule has 7 heteroatoms. The molecule has 0 unspecified atom stereocenters. The van der Waals surface area contributed by atoms with Crippen LogP contribution in [0.5, 0.6) is 0 Å². The van der Waals surface area contributed by atoms with Crippen LogP contribution in [0, 0.1) is 10.1 Å². The van der Waals surface area contributed by atoms with Crippen LogP contribution in [0.1, 0.15) is 11.3 Å². The third-order valence-corrected chi connectivity index (χ3v) is 4.84. The number of imidazole rings is 1. The molecule has 0 fully saturated rings. The maximum absolute atomic E-state index is 11.1. The van der Waals surface area contributed by atoms with Gasteiger partial charge in [0.05, 0.1) is 28.0 Å². The first-order chi connectivity index (χ1) is 14.2. The average Bonchev–Trinajstić information content (AvgIpc) is 3.15. The van der Waals surface area contributed by atoms with E-state index in [1.807, 2.05) is 42.6 Å².